The van der Waals surface area contributed by atoms with Crippen LogP contribution in [0.3, 0.4) is 0 Å². The van der Waals surface area contributed by atoms with Gasteiger partial charge in [0.2, 0.25) is 0 Å². The highest BCUT2D eigenvalue weighted by Crippen LogP contribution is 2.24. The maximum absolute atomic E-state index is 12.1. The van der Waals surface area contributed by atoms with Crippen LogP contribution in [0.2, 0.25) is 0 Å². The molecule has 33 heavy (non-hydrogen) atoms. The van der Waals surface area contributed by atoms with E-state index in [0.717, 1.165) is 38.4 Å². The molecule has 1 saturated heterocycles. The summed E-state index contributed by atoms with van der Waals surface area (Å²) in [5, 5.41) is 2.75. The Bertz CT molecular complexity index is 912. The number of esters is 1. The molecule has 0 aromatic heterocycles. The smallest absolute Gasteiger partial charge is 0.344 e. The van der Waals surface area contributed by atoms with Gasteiger partial charge in [-0.05, 0) is 53.9 Å². The summed E-state index contributed by atoms with van der Waals surface area (Å²) in [5.41, 5.74) is 3.04. The van der Waals surface area contributed by atoms with Gasteiger partial charge in [-0.3, -0.25) is 4.79 Å². The molecule has 2 aromatic rings. The van der Waals surface area contributed by atoms with E-state index in [2.05, 4.69) is 42.8 Å². The fourth-order valence-electron chi connectivity index (χ4n) is 3.66. The highest BCUT2D eigenvalue weighted by molar-refractivity contribution is 5.93. The topological polar surface area (TPSA) is 71.1 Å². The van der Waals surface area contributed by atoms with Crippen LogP contribution in [0.25, 0.3) is 0 Å². The predicted octanol–water partition coefficient (Wildman–Crippen LogP) is 3.69. The van der Waals surface area contributed by atoms with Gasteiger partial charge in [0.15, 0.2) is 13.2 Å². The standard InChI is InChI=1S/C26H35N3O4/c1-5-28-14-16-29(17-15-28)22-10-8-21(9-11-22)27-24(30)18-33-25(31)19-32-23-12-6-20(7-13-23)26(2,3)4/h6-13H,5,14-19H2,1-4H3,(H,27,30). The highest BCUT2D eigenvalue weighted by Gasteiger charge is 2.16. The molecule has 3 rings (SSSR count). The van der Waals surface area contributed by atoms with E-state index >= 15 is 0 Å². The largest absolute Gasteiger partial charge is 0.482 e. The number of piperazine rings is 1. The summed E-state index contributed by atoms with van der Waals surface area (Å²) in [6.45, 7) is 13.2. The van der Waals surface area contributed by atoms with Crippen LogP contribution in [-0.4, -0.2) is 62.7 Å². The van der Waals surface area contributed by atoms with Crippen LogP contribution in [0.15, 0.2) is 48.5 Å². The molecule has 7 heteroatoms. The maximum Gasteiger partial charge on any atom is 0.344 e. The Hall–Kier alpha value is -3.06. The van der Waals surface area contributed by atoms with Gasteiger partial charge in [-0.25, -0.2) is 4.79 Å². The lowest BCUT2D eigenvalue weighted by atomic mass is 9.87. The summed E-state index contributed by atoms with van der Waals surface area (Å²) in [6, 6.07) is 15.3. The first-order valence-electron chi connectivity index (χ1n) is 11.5. The number of carbonyl (C=O) groups is 2. The molecule has 0 radical (unpaired) electrons. The van der Waals surface area contributed by atoms with E-state index in [4.69, 9.17) is 9.47 Å². The first kappa shape index (κ1) is 24.6. The van der Waals surface area contributed by atoms with Crippen molar-refractivity contribution in [3.63, 3.8) is 0 Å². The molecule has 0 unspecified atom stereocenters. The molecule has 1 amide bonds. The monoisotopic (exact) mass is 453 g/mol. The lowest BCUT2D eigenvalue weighted by Crippen LogP contribution is -2.46. The minimum absolute atomic E-state index is 0.0509. The van der Waals surface area contributed by atoms with Gasteiger partial charge < -0.3 is 24.6 Å². The molecule has 0 aliphatic carbocycles. The van der Waals surface area contributed by atoms with E-state index in [1.165, 1.54) is 5.56 Å². The number of benzene rings is 2. The summed E-state index contributed by atoms with van der Waals surface area (Å²) in [7, 11) is 0. The number of rotatable bonds is 8. The number of hydrogen-bond acceptors (Lipinski definition) is 6. The molecule has 178 valence electrons. The van der Waals surface area contributed by atoms with Gasteiger partial charge in [0.05, 0.1) is 0 Å². The summed E-state index contributed by atoms with van der Waals surface area (Å²) >= 11 is 0. The van der Waals surface area contributed by atoms with Crippen molar-refractivity contribution < 1.29 is 19.1 Å². The van der Waals surface area contributed by atoms with E-state index in [9.17, 15) is 9.59 Å². The Kier molecular flexibility index (Phi) is 8.33. The van der Waals surface area contributed by atoms with Crippen LogP contribution in [-0.2, 0) is 19.7 Å². The molecule has 1 fully saturated rings. The molecule has 0 saturated carbocycles. The van der Waals surface area contributed by atoms with Gasteiger partial charge >= 0.3 is 5.97 Å². The number of ether oxygens (including phenoxy) is 2. The Morgan fingerprint density at radius 1 is 0.909 bits per heavy atom. The third-order valence-corrected chi connectivity index (χ3v) is 5.78. The van der Waals surface area contributed by atoms with E-state index in [0.29, 0.717) is 11.4 Å². The Balaban J connectivity index is 1.38. The molecule has 1 N–H and O–H groups in total. The van der Waals surface area contributed by atoms with Gasteiger partial charge in [0, 0.05) is 37.6 Å². The van der Waals surface area contributed by atoms with Crippen LogP contribution in [0.5, 0.6) is 5.75 Å². The average molecular weight is 454 g/mol. The summed E-state index contributed by atoms with van der Waals surface area (Å²) in [4.78, 5) is 28.8. The molecule has 2 aromatic carbocycles. The number of hydrogen-bond donors (Lipinski definition) is 1. The van der Waals surface area contributed by atoms with Crippen LogP contribution in [0.1, 0.15) is 33.3 Å². The van der Waals surface area contributed by atoms with Crippen LogP contribution in [0, 0.1) is 0 Å². The van der Waals surface area contributed by atoms with Crippen molar-refractivity contribution in [3.05, 3.63) is 54.1 Å². The lowest BCUT2D eigenvalue weighted by Gasteiger charge is -2.35. The maximum atomic E-state index is 12.1. The van der Waals surface area contributed by atoms with Gasteiger partial charge in [0.25, 0.3) is 5.91 Å². The quantitative estimate of drug-likeness (QED) is 0.615. The number of likely N-dealkylation sites (N-methyl/N-ethyl adjacent to an activating group) is 1. The average Bonchev–Trinajstić information content (AvgIpc) is 2.82. The van der Waals surface area contributed by atoms with Crippen molar-refractivity contribution >= 4 is 23.3 Å². The third kappa shape index (κ3) is 7.49. The second-order valence-electron chi connectivity index (χ2n) is 9.24. The van der Waals surface area contributed by atoms with Crippen molar-refractivity contribution in [1.29, 1.82) is 0 Å². The van der Waals surface area contributed by atoms with Gasteiger partial charge in [0.1, 0.15) is 5.75 Å². The first-order valence-corrected chi connectivity index (χ1v) is 11.5. The molecular weight excluding hydrogens is 418 g/mol. The van der Waals surface area contributed by atoms with Crippen molar-refractivity contribution in [2.24, 2.45) is 0 Å². The van der Waals surface area contributed by atoms with E-state index in [1.807, 2.05) is 48.5 Å². The second kappa shape index (κ2) is 11.2. The Labute approximate surface area is 196 Å². The Morgan fingerprint density at radius 3 is 2.12 bits per heavy atom. The lowest BCUT2D eigenvalue weighted by molar-refractivity contribution is -0.149. The normalized spacial score (nSPS) is 14.6. The zero-order chi connectivity index (χ0) is 23.8. The van der Waals surface area contributed by atoms with Crippen LogP contribution in [0.4, 0.5) is 11.4 Å². The molecular formula is C26H35N3O4. The first-order chi connectivity index (χ1) is 15.7. The Morgan fingerprint density at radius 2 is 1.55 bits per heavy atom. The van der Waals surface area contributed by atoms with Crippen LogP contribution >= 0.6 is 0 Å². The minimum Gasteiger partial charge on any atom is -0.482 e. The molecule has 1 aliphatic heterocycles. The van der Waals surface area contributed by atoms with Crippen molar-refractivity contribution in [3.8, 4) is 5.75 Å². The van der Waals surface area contributed by atoms with Crippen LogP contribution < -0.4 is 15.0 Å². The molecule has 0 atom stereocenters. The number of carbonyl (C=O) groups excluding carboxylic acids is 2. The molecule has 0 spiro atoms. The molecule has 0 bridgehead atoms. The van der Waals surface area contributed by atoms with E-state index in [1.54, 1.807) is 0 Å². The summed E-state index contributed by atoms with van der Waals surface area (Å²) in [5.74, 6) is -0.394. The predicted molar refractivity (Wildman–Crippen MR) is 131 cm³/mol. The van der Waals surface area contributed by atoms with Gasteiger partial charge in [-0.2, -0.15) is 0 Å². The second-order valence-corrected chi connectivity index (χ2v) is 9.24. The third-order valence-electron chi connectivity index (χ3n) is 5.78. The van der Waals surface area contributed by atoms with Gasteiger partial charge in [-0.1, -0.05) is 39.8 Å². The molecule has 1 heterocycles. The fraction of sp³-hybridized carbons (Fsp3) is 0.462. The van der Waals surface area contributed by atoms with E-state index in [-0.39, 0.29) is 24.5 Å². The minimum atomic E-state index is -0.591. The fourth-order valence-corrected chi connectivity index (χ4v) is 3.66. The zero-order valence-corrected chi connectivity index (χ0v) is 20.1. The van der Waals surface area contributed by atoms with Crippen molar-refractivity contribution in [2.45, 2.75) is 33.1 Å². The molecule has 7 nitrogen and oxygen atoms in total. The van der Waals surface area contributed by atoms with Gasteiger partial charge in [-0.15, -0.1) is 0 Å². The number of nitrogens with zero attached hydrogens (tertiary/aromatic N) is 2. The summed E-state index contributed by atoms with van der Waals surface area (Å²) < 4.78 is 10.5. The van der Waals surface area contributed by atoms with Crippen molar-refractivity contribution in [1.82, 2.24) is 4.90 Å². The highest BCUT2D eigenvalue weighted by atomic mass is 16.6. The number of nitrogens with one attached hydrogen (secondary N) is 1. The molecule has 1 aliphatic rings. The zero-order valence-electron chi connectivity index (χ0n) is 20.1. The SMILES string of the molecule is CCN1CCN(c2ccc(NC(=O)COC(=O)COc3ccc(C(C)(C)C)cc3)cc2)CC1. The number of anilines is 2. The number of amides is 1. The van der Waals surface area contributed by atoms with Crippen molar-refractivity contribution in [2.75, 3.05) is 56.2 Å². The summed E-state index contributed by atoms with van der Waals surface area (Å²) in [6.07, 6.45) is 0. The van der Waals surface area contributed by atoms with E-state index < -0.39 is 5.97 Å².